The minimum absolute atomic E-state index is 0.0823. The SMILES string of the molecule is CC[C@H](C)C[C@H](C)C[C@H](C)[C@@H](O[C@@H]1O[C@H](COC(C)=O)[C@@H](O)[C@H](O)[C@@H]1O)[C@H](C)/C=C(\C)[C@@H](O)[C@H](C)/C=C(\C)[C@H](O)[C@@H](C)/C=C(\C)[C@H](O)[C@@H](C)C(=O)OC[C@@H](O)[C@H](O)[C@H](O)CO. The van der Waals surface area contributed by atoms with Gasteiger partial charge in [-0.2, -0.15) is 0 Å². The standard InChI is InChI=1S/C45H80O16/c1-13-22(2)14-23(3)15-29(9)43(61-45-42(56)41(55)40(54)35(60-45)21-58-32(12)47)30(10)18-27(7)37(51)25(5)16-24(4)36(50)26(6)17-28(8)38(52)31(11)44(57)59-20-34(49)39(53)33(48)19-46/h16-18,22-23,25-26,29-31,33-43,45-46,48-56H,13-15,19-21H2,1-12H3/b24-16+,27-18+,28-17+/t22-,23-,25+,26-,29-,30+,31+,33+,34+,35+,36-,37-,38-,39+,40+,41-,42-,43+,45-/m0/s1. The molecule has 1 heterocycles. The Morgan fingerprint density at radius 3 is 1.66 bits per heavy atom. The highest BCUT2D eigenvalue weighted by molar-refractivity contribution is 5.73. The van der Waals surface area contributed by atoms with Gasteiger partial charge in [0.05, 0.1) is 36.9 Å². The summed E-state index contributed by atoms with van der Waals surface area (Å²) in [4.78, 5) is 24.1. The van der Waals surface area contributed by atoms with Crippen molar-refractivity contribution in [1.82, 2.24) is 0 Å². The number of carbonyl (C=O) groups excluding carboxylic acids is 2. The molecule has 61 heavy (non-hydrogen) atoms. The average molecular weight is 877 g/mol. The first-order chi connectivity index (χ1) is 28.3. The first-order valence-corrected chi connectivity index (χ1v) is 21.7. The van der Waals surface area contributed by atoms with Crippen LogP contribution in [-0.4, -0.2) is 156 Å². The van der Waals surface area contributed by atoms with Gasteiger partial charge in [0.15, 0.2) is 6.29 Å². The van der Waals surface area contributed by atoms with Crippen molar-refractivity contribution in [2.24, 2.45) is 41.4 Å². The third-order valence-electron chi connectivity index (χ3n) is 12.0. The van der Waals surface area contributed by atoms with E-state index in [0.717, 1.165) is 19.3 Å². The van der Waals surface area contributed by atoms with Crippen LogP contribution in [0.1, 0.15) is 102 Å². The van der Waals surface area contributed by atoms with Gasteiger partial charge >= 0.3 is 11.9 Å². The van der Waals surface area contributed by atoms with E-state index in [9.17, 15) is 55.5 Å². The molecule has 1 rings (SSSR count). The summed E-state index contributed by atoms with van der Waals surface area (Å²) in [7, 11) is 0. The highest BCUT2D eigenvalue weighted by atomic mass is 16.7. The van der Waals surface area contributed by atoms with Gasteiger partial charge in [0.1, 0.15) is 55.9 Å². The Morgan fingerprint density at radius 1 is 0.656 bits per heavy atom. The zero-order valence-corrected chi connectivity index (χ0v) is 38.4. The Bertz CT molecular complexity index is 1400. The van der Waals surface area contributed by atoms with Gasteiger partial charge in [0, 0.05) is 24.7 Å². The molecule has 0 aromatic carbocycles. The van der Waals surface area contributed by atoms with E-state index in [0.29, 0.717) is 28.6 Å². The van der Waals surface area contributed by atoms with Crippen LogP contribution in [0, 0.1) is 41.4 Å². The minimum Gasteiger partial charge on any atom is -0.463 e. The highest BCUT2D eigenvalue weighted by Crippen LogP contribution is 2.33. The van der Waals surface area contributed by atoms with Gasteiger partial charge < -0.3 is 70.0 Å². The molecular weight excluding hydrogens is 796 g/mol. The quantitative estimate of drug-likeness (QED) is 0.0439. The number of ether oxygens (including phenoxy) is 4. The summed E-state index contributed by atoms with van der Waals surface area (Å²) in [5.41, 5.74) is 1.55. The second-order valence-corrected chi connectivity index (χ2v) is 17.9. The van der Waals surface area contributed by atoms with Gasteiger partial charge in [0.2, 0.25) is 0 Å². The fourth-order valence-electron chi connectivity index (χ4n) is 7.95. The lowest BCUT2D eigenvalue weighted by Gasteiger charge is -2.43. The van der Waals surface area contributed by atoms with E-state index in [1.54, 1.807) is 39.8 Å². The number of aliphatic hydroxyl groups excluding tert-OH is 10. The predicted molar refractivity (Wildman–Crippen MR) is 227 cm³/mol. The van der Waals surface area contributed by atoms with Crippen LogP contribution < -0.4 is 0 Å². The Kier molecular flexibility index (Phi) is 25.2. The molecule has 19 atom stereocenters. The van der Waals surface area contributed by atoms with Crippen molar-refractivity contribution in [3.05, 3.63) is 34.9 Å². The van der Waals surface area contributed by atoms with Gasteiger partial charge in [0.25, 0.3) is 0 Å². The summed E-state index contributed by atoms with van der Waals surface area (Å²) in [6, 6.07) is 0. The molecule has 0 radical (unpaired) electrons. The molecule has 0 spiro atoms. The van der Waals surface area contributed by atoms with Crippen molar-refractivity contribution in [3.8, 4) is 0 Å². The molecule has 1 fully saturated rings. The van der Waals surface area contributed by atoms with Crippen LogP contribution >= 0.6 is 0 Å². The molecule has 0 aliphatic carbocycles. The first-order valence-electron chi connectivity index (χ1n) is 21.7. The first kappa shape index (κ1) is 56.7. The van der Waals surface area contributed by atoms with Crippen LogP contribution in [0.15, 0.2) is 34.9 Å². The Hall–Kier alpha value is -2.32. The average Bonchev–Trinajstić information content (AvgIpc) is 3.21. The molecule has 1 aliphatic rings. The fourth-order valence-corrected chi connectivity index (χ4v) is 7.95. The van der Waals surface area contributed by atoms with Crippen LogP contribution in [0.2, 0.25) is 0 Å². The van der Waals surface area contributed by atoms with Crippen molar-refractivity contribution in [2.75, 3.05) is 19.8 Å². The van der Waals surface area contributed by atoms with Gasteiger partial charge in [-0.3, -0.25) is 9.59 Å². The number of esters is 2. The zero-order chi connectivity index (χ0) is 47.0. The number of hydrogen-bond acceptors (Lipinski definition) is 16. The molecular formula is C45H80O16. The van der Waals surface area contributed by atoms with Crippen molar-refractivity contribution in [1.29, 1.82) is 0 Å². The van der Waals surface area contributed by atoms with Crippen molar-refractivity contribution >= 4 is 11.9 Å². The third kappa shape index (κ3) is 18.0. The number of carbonyl (C=O) groups is 2. The maximum atomic E-state index is 12.6. The topological polar surface area (TPSA) is 273 Å². The minimum atomic E-state index is -1.74. The van der Waals surface area contributed by atoms with E-state index in [1.807, 2.05) is 26.8 Å². The van der Waals surface area contributed by atoms with E-state index in [1.165, 1.54) is 13.8 Å². The molecule has 0 aromatic heterocycles. The zero-order valence-electron chi connectivity index (χ0n) is 38.4. The number of rotatable bonds is 26. The van der Waals surface area contributed by atoms with E-state index in [-0.39, 0.29) is 18.4 Å². The van der Waals surface area contributed by atoms with Gasteiger partial charge in [-0.15, -0.1) is 0 Å². The van der Waals surface area contributed by atoms with E-state index >= 15 is 0 Å². The molecule has 0 aromatic rings. The van der Waals surface area contributed by atoms with E-state index in [2.05, 4.69) is 20.8 Å². The second kappa shape index (κ2) is 27.1. The second-order valence-electron chi connectivity index (χ2n) is 17.9. The summed E-state index contributed by atoms with van der Waals surface area (Å²) < 4.78 is 22.4. The molecule has 16 heteroatoms. The normalized spacial score (nSPS) is 27.6. The van der Waals surface area contributed by atoms with Crippen molar-refractivity contribution in [3.63, 3.8) is 0 Å². The predicted octanol–water partition coefficient (Wildman–Crippen LogP) is 1.93. The maximum Gasteiger partial charge on any atom is 0.311 e. The van der Waals surface area contributed by atoms with Crippen LogP contribution in [0.25, 0.3) is 0 Å². The molecule has 0 unspecified atom stereocenters. The lowest BCUT2D eigenvalue weighted by Crippen LogP contribution is -2.60. The van der Waals surface area contributed by atoms with Crippen LogP contribution in [0.5, 0.6) is 0 Å². The lowest BCUT2D eigenvalue weighted by molar-refractivity contribution is -0.317. The monoisotopic (exact) mass is 877 g/mol. The Balaban J connectivity index is 3.19. The summed E-state index contributed by atoms with van der Waals surface area (Å²) >= 11 is 0. The summed E-state index contributed by atoms with van der Waals surface area (Å²) in [5, 5.41) is 104. The molecule has 16 nitrogen and oxygen atoms in total. The Labute approximate surface area is 362 Å². The number of hydrogen-bond donors (Lipinski definition) is 10. The van der Waals surface area contributed by atoms with Gasteiger partial charge in [-0.05, 0) is 75.0 Å². The van der Waals surface area contributed by atoms with Gasteiger partial charge in [-0.25, -0.2) is 0 Å². The maximum absolute atomic E-state index is 12.6. The molecule has 1 saturated heterocycles. The highest BCUT2D eigenvalue weighted by Gasteiger charge is 2.46. The lowest BCUT2D eigenvalue weighted by atomic mass is 9.82. The molecule has 0 bridgehead atoms. The third-order valence-corrected chi connectivity index (χ3v) is 12.0. The van der Waals surface area contributed by atoms with Crippen molar-refractivity contribution < 1.29 is 79.6 Å². The summed E-state index contributed by atoms with van der Waals surface area (Å²) in [5.74, 6) is -3.11. The molecule has 10 N–H and O–H groups in total. The van der Waals surface area contributed by atoms with Crippen LogP contribution in [0.4, 0.5) is 0 Å². The van der Waals surface area contributed by atoms with Gasteiger partial charge in [-0.1, -0.05) is 73.1 Å². The van der Waals surface area contributed by atoms with E-state index < -0.39 is 116 Å². The van der Waals surface area contributed by atoms with E-state index in [4.69, 9.17) is 24.1 Å². The van der Waals surface area contributed by atoms with Crippen LogP contribution in [0.3, 0.4) is 0 Å². The van der Waals surface area contributed by atoms with Crippen LogP contribution in [-0.2, 0) is 28.5 Å². The smallest absolute Gasteiger partial charge is 0.311 e. The Morgan fingerprint density at radius 2 is 1.16 bits per heavy atom. The molecule has 356 valence electrons. The summed E-state index contributed by atoms with van der Waals surface area (Å²) in [6.07, 6.45) is -8.05. The number of aliphatic hydroxyl groups is 10. The summed E-state index contributed by atoms with van der Waals surface area (Å²) in [6.45, 7) is 19.9. The molecule has 0 amide bonds. The molecule has 1 aliphatic heterocycles. The molecule has 0 saturated carbocycles. The van der Waals surface area contributed by atoms with Crippen molar-refractivity contribution in [2.45, 2.75) is 176 Å². The largest absolute Gasteiger partial charge is 0.463 e. The fraction of sp³-hybridized carbons (Fsp3) is 0.822.